The molecule has 0 aromatic heterocycles. The van der Waals surface area contributed by atoms with Crippen LogP contribution in [0.1, 0.15) is 29.5 Å². The van der Waals surface area contributed by atoms with Crippen molar-refractivity contribution in [2.24, 2.45) is 0 Å². The Morgan fingerprint density at radius 3 is 2.18 bits per heavy atom. The third kappa shape index (κ3) is 8.07. The summed E-state index contributed by atoms with van der Waals surface area (Å²) in [4.78, 5) is 28.4. The third-order valence-electron chi connectivity index (χ3n) is 6.39. The lowest BCUT2D eigenvalue weighted by Crippen LogP contribution is -2.50. The molecule has 9 heteroatoms. The first kappa shape index (κ1) is 29.2. The minimum atomic E-state index is -3.58. The number of likely N-dealkylation sites (N-methyl/N-ethyl adjacent to an activating group) is 1. The second-order valence-electron chi connectivity index (χ2n) is 9.18. The Kier molecular flexibility index (Phi) is 10.3. The maximum absolute atomic E-state index is 13.7. The summed E-state index contributed by atoms with van der Waals surface area (Å²) in [5.41, 5.74) is 3.39. The van der Waals surface area contributed by atoms with Crippen molar-refractivity contribution >= 4 is 39.1 Å². The van der Waals surface area contributed by atoms with Gasteiger partial charge in [0.2, 0.25) is 21.8 Å². The SMILES string of the molecule is CNC(=O)[C@H](Cc1ccccc1)N(Cc1ccccc1C)C(=O)CCCN(c1ccc(Cl)cc1)S(C)(=O)=O. The molecule has 0 heterocycles. The van der Waals surface area contributed by atoms with Crippen molar-refractivity contribution in [3.8, 4) is 0 Å². The average molecular weight is 556 g/mol. The van der Waals surface area contributed by atoms with Crippen LogP contribution < -0.4 is 9.62 Å². The van der Waals surface area contributed by atoms with Crippen molar-refractivity contribution in [3.05, 3.63) is 101 Å². The third-order valence-corrected chi connectivity index (χ3v) is 7.83. The Bertz CT molecular complexity index is 1330. The lowest BCUT2D eigenvalue weighted by atomic mass is 10.0. The summed E-state index contributed by atoms with van der Waals surface area (Å²) in [5.74, 6) is -0.475. The van der Waals surface area contributed by atoms with Crippen LogP contribution in [0.3, 0.4) is 0 Å². The highest BCUT2D eigenvalue weighted by molar-refractivity contribution is 7.92. The van der Waals surface area contributed by atoms with Crippen LogP contribution in [0.5, 0.6) is 0 Å². The summed E-state index contributed by atoms with van der Waals surface area (Å²) in [5, 5.41) is 3.21. The van der Waals surface area contributed by atoms with E-state index in [4.69, 9.17) is 11.6 Å². The Labute approximate surface area is 230 Å². The predicted molar refractivity (Wildman–Crippen MR) is 153 cm³/mol. The lowest BCUT2D eigenvalue weighted by Gasteiger charge is -2.32. The molecule has 0 aliphatic rings. The minimum absolute atomic E-state index is 0.0772. The number of benzene rings is 3. The van der Waals surface area contributed by atoms with Gasteiger partial charge in [-0.05, 0) is 54.3 Å². The van der Waals surface area contributed by atoms with Gasteiger partial charge < -0.3 is 10.2 Å². The zero-order valence-electron chi connectivity index (χ0n) is 21.9. The van der Waals surface area contributed by atoms with Crippen LogP contribution in [0.2, 0.25) is 5.02 Å². The van der Waals surface area contributed by atoms with E-state index in [2.05, 4.69) is 5.32 Å². The Hall–Kier alpha value is -3.36. The van der Waals surface area contributed by atoms with Gasteiger partial charge in [0.05, 0.1) is 11.9 Å². The monoisotopic (exact) mass is 555 g/mol. The van der Waals surface area contributed by atoms with E-state index in [1.165, 1.54) is 4.31 Å². The fourth-order valence-corrected chi connectivity index (χ4v) is 5.39. The van der Waals surface area contributed by atoms with Crippen molar-refractivity contribution in [2.45, 2.75) is 38.8 Å². The minimum Gasteiger partial charge on any atom is -0.357 e. The van der Waals surface area contributed by atoms with E-state index < -0.39 is 16.1 Å². The molecule has 0 aliphatic heterocycles. The fraction of sp³-hybridized carbons (Fsp3) is 0.310. The number of anilines is 1. The highest BCUT2D eigenvalue weighted by Gasteiger charge is 2.30. The Morgan fingerprint density at radius 2 is 1.58 bits per heavy atom. The molecule has 0 spiro atoms. The molecular formula is C29H34ClN3O4S. The second kappa shape index (κ2) is 13.4. The van der Waals surface area contributed by atoms with Crippen LogP contribution in [0.15, 0.2) is 78.9 Å². The summed E-state index contributed by atoms with van der Waals surface area (Å²) in [7, 11) is -2.01. The first-order valence-electron chi connectivity index (χ1n) is 12.4. The van der Waals surface area contributed by atoms with E-state index in [9.17, 15) is 18.0 Å². The molecule has 0 saturated carbocycles. The highest BCUT2D eigenvalue weighted by atomic mass is 35.5. The number of aryl methyl sites for hydroxylation is 1. The number of nitrogens with one attached hydrogen (secondary N) is 1. The summed E-state index contributed by atoms with van der Waals surface area (Å²) < 4.78 is 26.2. The topological polar surface area (TPSA) is 86.8 Å². The molecule has 3 aromatic rings. The van der Waals surface area contributed by atoms with Crippen molar-refractivity contribution in [1.82, 2.24) is 10.2 Å². The molecule has 2 amide bonds. The standard InChI is InChI=1S/C29H34ClN3O4S/c1-22-10-7-8-13-24(22)21-32(27(29(35)31-2)20-23-11-5-4-6-12-23)28(34)14-9-19-33(38(3,36)37)26-17-15-25(30)16-18-26/h4-8,10-13,15-18,27H,9,14,19-21H2,1-3H3,(H,31,35)/t27-/m0/s1. The first-order chi connectivity index (χ1) is 18.1. The number of sulfonamides is 1. The number of carbonyl (C=O) groups is 2. The summed E-state index contributed by atoms with van der Waals surface area (Å²) in [6.45, 7) is 2.36. The lowest BCUT2D eigenvalue weighted by molar-refractivity contribution is -0.141. The molecular weight excluding hydrogens is 522 g/mol. The van der Waals surface area contributed by atoms with Crippen molar-refractivity contribution in [2.75, 3.05) is 24.2 Å². The molecule has 0 aliphatic carbocycles. The van der Waals surface area contributed by atoms with E-state index >= 15 is 0 Å². The molecule has 1 atom stereocenters. The maximum Gasteiger partial charge on any atom is 0.242 e. The summed E-state index contributed by atoms with van der Waals surface area (Å²) in [6, 6.07) is 23.1. The van der Waals surface area contributed by atoms with Crippen LogP contribution in [0.25, 0.3) is 0 Å². The average Bonchev–Trinajstić information content (AvgIpc) is 2.89. The normalized spacial score (nSPS) is 12.0. The zero-order chi connectivity index (χ0) is 27.7. The van der Waals surface area contributed by atoms with Gasteiger partial charge >= 0.3 is 0 Å². The molecule has 0 bridgehead atoms. The summed E-state index contributed by atoms with van der Waals surface area (Å²) in [6.07, 6.45) is 1.85. The van der Waals surface area contributed by atoms with Gasteiger partial charge in [0.25, 0.3) is 0 Å². The molecule has 0 unspecified atom stereocenters. The van der Waals surface area contributed by atoms with Gasteiger partial charge in [-0.2, -0.15) is 0 Å². The van der Waals surface area contributed by atoms with Gasteiger partial charge in [-0.3, -0.25) is 13.9 Å². The Morgan fingerprint density at radius 1 is 0.947 bits per heavy atom. The molecule has 1 N–H and O–H groups in total. The molecule has 0 radical (unpaired) electrons. The molecule has 202 valence electrons. The van der Waals surface area contributed by atoms with Gasteiger partial charge in [-0.1, -0.05) is 66.2 Å². The van der Waals surface area contributed by atoms with Gasteiger partial charge in [-0.15, -0.1) is 0 Å². The first-order valence-corrected chi connectivity index (χ1v) is 14.7. The van der Waals surface area contributed by atoms with Gasteiger partial charge in [-0.25, -0.2) is 8.42 Å². The fourth-order valence-electron chi connectivity index (χ4n) is 4.30. The highest BCUT2D eigenvalue weighted by Crippen LogP contribution is 2.22. The molecule has 0 fully saturated rings. The molecule has 0 saturated heterocycles. The second-order valence-corrected chi connectivity index (χ2v) is 11.5. The number of carbonyl (C=O) groups excluding carboxylic acids is 2. The van der Waals surface area contributed by atoms with Crippen LogP contribution in [-0.4, -0.2) is 51.0 Å². The van der Waals surface area contributed by atoms with Crippen LogP contribution >= 0.6 is 11.6 Å². The molecule has 7 nitrogen and oxygen atoms in total. The quantitative estimate of drug-likeness (QED) is 0.354. The van der Waals surface area contributed by atoms with Crippen molar-refractivity contribution in [3.63, 3.8) is 0 Å². The van der Waals surface area contributed by atoms with E-state index in [0.717, 1.165) is 22.9 Å². The maximum atomic E-state index is 13.7. The van der Waals surface area contributed by atoms with Crippen LogP contribution in [0.4, 0.5) is 5.69 Å². The zero-order valence-corrected chi connectivity index (χ0v) is 23.5. The van der Waals surface area contributed by atoms with Crippen LogP contribution in [0, 0.1) is 6.92 Å². The molecule has 38 heavy (non-hydrogen) atoms. The number of halogens is 1. The smallest absolute Gasteiger partial charge is 0.242 e. The number of hydrogen-bond donors (Lipinski definition) is 1. The van der Waals surface area contributed by atoms with E-state index in [-0.39, 0.29) is 37.7 Å². The summed E-state index contributed by atoms with van der Waals surface area (Å²) >= 11 is 5.96. The van der Waals surface area contributed by atoms with Crippen LogP contribution in [-0.2, 0) is 32.6 Å². The van der Waals surface area contributed by atoms with Crippen molar-refractivity contribution in [1.29, 1.82) is 0 Å². The number of amides is 2. The van der Waals surface area contributed by atoms with Gasteiger partial charge in [0.1, 0.15) is 6.04 Å². The number of nitrogens with zero attached hydrogens (tertiary/aromatic N) is 2. The predicted octanol–water partition coefficient (Wildman–Crippen LogP) is 4.58. The van der Waals surface area contributed by atoms with E-state index in [1.54, 1.807) is 36.2 Å². The molecule has 3 aromatic carbocycles. The van der Waals surface area contributed by atoms with Gasteiger partial charge in [0.15, 0.2) is 0 Å². The molecule has 3 rings (SSSR count). The Balaban J connectivity index is 1.84. The van der Waals surface area contributed by atoms with E-state index in [0.29, 0.717) is 17.1 Å². The largest absolute Gasteiger partial charge is 0.357 e. The van der Waals surface area contributed by atoms with Crippen molar-refractivity contribution < 1.29 is 18.0 Å². The number of rotatable bonds is 12. The van der Waals surface area contributed by atoms with E-state index in [1.807, 2.05) is 61.5 Å². The van der Waals surface area contributed by atoms with Gasteiger partial charge in [0, 0.05) is 38.0 Å². The number of hydrogen-bond acceptors (Lipinski definition) is 4.